The van der Waals surface area contributed by atoms with E-state index in [2.05, 4.69) is 11.4 Å². The zero-order valence-corrected chi connectivity index (χ0v) is 31.7. The number of carbonyl (C=O) groups is 3. The number of methoxy groups -OCH3 is 2. The number of esters is 1. The summed E-state index contributed by atoms with van der Waals surface area (Å²) < 4.78 is 10.1. The van der Waals surface area contributed by atoms with E-state index in [1.165, 1.54) is 52.3 Å². The molecule has 54 heavy (non-hydrogen) atoms. The maximum atomic E-state index is 13.7. The third kappa shape index (κ3) is 10.7. The van der Waals surface area contributed by atoms with Crippen LogP contribution in [0.15, 0.2) is 103 Å². The van der Waals surface area contributed by atoms with E-state index in [0.717, 1.165) is 65.4 Å². The number of nitrogens with one attached hydrogen (secondary N) is 1. The van der Waals surface area contributed by atoms with Crippen molar-refractivity contribution in [2.45, 2.75) is 58.0 Å². The lowest BCUT2D eigenvalue weighted by atomic mass is 9.87. The minimum Gasteiger partial charge on any atom is -0.497 e. The van der Waals surface area contributed by atoms with Gasteiger partial charge in [0.1, 0.15) is 5.75 Å². The highest BCUT2D eigenvalue weighted by molar-refractivity contribution is 5.95. The molecule has 8 heteroatoms. The van der Waals surface area contributed by atoms with Crippen molar-refractivity contribution in [3.8, 4) is 16.9 Å². The van der Waals surface area contributed by atoms with Crippen molar-refractivity contribution in [1.82, 2.24) is 15.1 Å². The number of amides is 2. The largest absolute Gasteiger partial charge is 0.497 e. The van der Waals surface area contributed by atoms with Gasteiger partial charge >= 0.3 is 5.97 Å². The second-order valence-electron chi connectivity index (χ2n) is 14.6. The molecule has 8 nitrogen and oxygen atoms in total. The number of hydrogen-bond donors (Lipinski definition) is 1. The van der Waals surface area contributed by atoms with Crippen LogP contribution in [0.2, 0.25) is 0 Å². The number of nitrogens with zero attached hydrogens (tertiary/aromatic N) is 2. The average molecular weight is 728 g/mol. The summed E-state index contributed by atoms with van der Waals surface area (Å²) in [6.45, 7) is 4.68. The molecule has 282 valence electrons. The summed E-state index contributed by atoms with van der Waals surface area (Å²) in [4.78, 5) is 43.2. The van der Waals surface area contributed by atoms with Gasteiger partial charge in [0.2, 0.25) is 5.91 Å². The zero-order chi connectivity index (χ0) is 37.7. The van der Waals surface area contributed by atoms with Gasteiger partial charge in [-0.2, -0.15) is 0 Å². The Labute approximate surface area is 320 Å². The van der Waals surface area contributed by atoms with Crippen molar-refractivity contribution in [2.24, 2.45) is 11.8 Å². The summed E-state index contributed by atoms with van der Waals surface area (Å²) >= 11 is 0. The molecule has 0 unspecified atom stereocenters. The van der Waals surface area contributed by atoms with Crippen LogP contribution in [0, 0.1) is 11.8 Å². The van der Waals surface area contributed by atoms with Crippen LogP contribution in [-0.4, -0.2) is 68.0 Å². The minimum absolute atomic E-state index is 0.0970. The fourth-order valence-electron chi connectivity index (χ4n) is 7.66. The van der Waals surface area contributed by atoms with Crippen molar-refractivity contribution in [2.75, 3.05) is 40.4 Å². The first-order chi connectivity index (χ1) is 26.4. The van der Waals surface area contributed by atoms with E-state index in [1.807, 2.05) is 83.8 Å². The molecule has 0 saturated carbocycles. The molecular weight excluding hydrogens is 675 g/mol. The van der Waals surface area contributed by atoms with Crippen molar-refractivity contribution < 1.29 is 23.9 Å². The smallest absolute Gasteiger partial charge is 0.337 e. The number of benzene rings is 4. The average Bonchev–Trinajstić information content (AvgIpc) is 3.23. The maximum absolute atomic E-state index is 13.7. The fourth-order valence-corrected chi connectivity index (χ4v) is 7.66. The standard InChI is InChI=1S/C46H53N3O5/c1-53-43-19-14-36(15-20-43)16-21-44(50)49(32-37-12-17-39(18-13-37)46(52)54-2)33-38-8-4-9-40(30-38)41-10-5-11-42(31-41)45(51)48-28-24-35(25-29-48)7-3-6-34-22-26-47-27-23-34/h4-5,8-21,30-31,34-35,47H,3,6-7,22-29,32-33H2,1-2H3. The summed E-state index contributed by atoms with van der Waals surface area (Å²) in [5, 5.41) is 3.47. The molecule has 2 aliphatic heterocycles. The molecule has 6 rings (SSSR count). The molecule has 2 aliphatic rings. The highest BCUT2D eigenvalue weighted by Gasteiger charge is 2.24. The maximum Gasteiger partial charge on any atom is 0.337 e. The quantitative estimate of drug-likeness (QED) is 0.104. The predicted octanol–water partition coefficient (Wildman–Crippen LogP) is 8.41. The number of piperidine rings is 2. The Morgan fingerprint density at radius 2 is 1.39 bits per heavy atom. The molecule has 2 saturated heterocycles. The van der Waals surface area contributed by atoms with Gasteiger partial charge in [-0.25, -0.2) is 4.79 Å². The van der Waals surface area contributed by atoms with E-state index in [9.17, 15) is 14.4 Å². The van der Waals surface area contributed by atoms with Crippen LogP contribution < -0.4 is 10.1 Å². The molecule has 0 radical (unpaired) electrons. The molecule has 1 N–H and O–H groups in total. The van der Waals surface area contributed by atoms with Gasteiger partial charge in [0, 0.05) is 37.8 Å². The Balaban J connectivity index is 1.11. The van der Waals surface area contributed by atoms with E-state index in [0.29, 0.717) is 30.1 Å². The third-order valence-electron chi connectivity index (χ3n) is 10.9. The lowest BCUT2D eigenvalue weighted by Gasteiger charge is -2.32. The predicted molar refractivity (Wildman–Crippen MR) is 214 cm³/mol. The van der Waals surface area contributed by atoms with Gasteiger partial charge in [-0.05, 0) is 127 Å². The SMILES string of the molecule is COC(=O)c1ccc(CN(Cc2cccc(-c3cccc(C(=O)N4CCC(CCCC5CCNCC5)CC4)c3)c2)C(=O)C=Cc2ccc(OC)cc2)cc1. The summed E-state index contributed by atoms with van der Waals surface area (Å²) in [6, 6.07) is 30.7. The second-order valence-corrected chi connectivity index (χ2v) is 14.6. The Morgan fingerprint density at radius 3 is 2.07 bits per heavy atom. The first-order valence-electron chi connectivity index (χ1n) is 19.4. The molecule has 0 bridgehead atoms. The van der Waals surface area contributed by atoms with E-state index in [4.69, 9.17) is 9.47 Å². The van der Waals surface area contributed by atoms with Crippen LogP contribution in [-0.2, 0) is 22.6 Å². The number of hydrogen-bond acceptors (Lipinski definition) is 6. The normalized spacial score (nSPS) is 15.3. The molecule has 0 spiro atoms. The van der Waals surface area contributed by atoms with Gasteiger partial charge in [0.05, 0.1) is 19.8 Å². The molecule has 2 heterocycles. The molecule has 0 aromatic heterocycles. The van der Waals surface area contributed by atoms with Gasteiger partial charge in [0.25, 0.3) is 5.91 Å². The molecule has 4 aromatic rings. The Morgan fingerprint density at radius 1 is 0.741 bits per heavy atom. The molecular formula is C46H53N3O5. The van der Waals surface area contributed by atoms with Gasteiger partial charge in [-0.1, -0.05) is 73.9 Å². The monoisotopic (exact) mass is 727 g/mol. The number of likely N-dealkylation sites (tertiary alicyclic amines) is 1. The van der Waals surface area contributed by atoms with Crippen LogP contribution in [0.5, 0.6) is 5.75 Å². The van der Waals surface area contributed by atoms with Crippen molar-refractivity contribution >= 4 is 23.9 Å². The molecule has 4 aromatic carbocycles. The summed E-state index contributed by atoms with van der Waals surface area (Å²) in [5.74, 6) is 1.89. The lowest BCUT2D eigenvalue weighted by molar-refractivity contribution is -0.127. The third-order valence-corrected chi connectivity index (χ3v) is 10.9. The van der Waals surface area contributed by atoms with Crippen LogP contribution in [0.1, 0.15) is 82.4 Å². The summed E-state index contributed by atoms with van der Waals surface area (Å²) in [7, 11) is 2.98. The van der Waals surface area contributed by atoms with Crippen molar-refractivity contribution in [1.29, 1.82) is 0 Å². The van der Waals surface area contributed by atoms with Crippen LogP contribution >= 0.6 is 0 Å². The summed E-state index contributed by atoms with van der Waals surface area (Å²) in [5.41, 5.74) is 5.84. The number of rotatable bonds is 14. The van der Waals surface area contributed by atoms with Gasteiger partial charge in [-0.15, -0.1) is 0 Å². The zero-order valence-electron chi connectivity index (χ0n) is 31.7. The second kappa shape index (κ2) is 19.2. The van der Waals surface area contributed by atoms with E-state index in [1.54, 1.807) is 36.3 Å². The van der Waals surface area contributed by atoms with Gasteiger partial charge in [0.15, 0.2) is 0 Å². The molecule has 2 amide bonds. The van der Waals surface area contributed by atoms with E-state index in [-0.39, 0.29) is 11.8 Å². The molecule has 0 aliphatic carbocycles. The Hall–Kier alpha value is -5.21. The topological polar surface area (TPSA) is 88.2 Å². The Kier molecular flexibility index (Phi) is 13.7. The van der Waals surface area contributed by atoms with Crippen LogP contribution in [0.4, 0.5) is 0 Å². The number of ether oxygens (including phenoxy) is 2. The van der Waals surface area contributed by atoms with E-state index < -0.39 is 5.97 Å². The molecule has 0 atom stereocenters. The Bertz CT molecular complexity index is 1870. The fraction of sp³-hybridized carbons (Fsp3) is 0.370. The number of carbonyl (C=O) groups excluding carboxylic acids is 3. The van der Waals surface area contributed by atoms with Crippen molar-refractivity contribution in [3.05, 3.63) is 131 Å². The first kappa shape index (κ1) is 38.5. The van der Waals surface area contributed by atoms with Gasteiger partial charge < -0.3 is 24.6 Å². The van der Waals surface area contributed by atoms with Crippen LogP contribution in [0.3, 0.4) is 0 Å². The lowest BCUT2D eigenvalue weighted by Crippen LogP contribution is -2.38. The van der Waals surface area contributed by atoms with E-state index >= 15 is 0 Å². The van der Waals surface area contributed by atoms with Crippen LogP contribution in [0.25, 0.3) is 17.2 Å². The first-order valence-corrected chi connectivity index (χ1v) is 19.4. The summed E-state index contributed by atoms with van der Waals surface area (Å²) in [6.07, 6.45) is 12.1. The highest BCUT2D eigenvalue weighted by atomic mass is 16.5. The van der Waals surface area contributed by atoms with Gasteiger partial charge in [-0.3, -0.25) is 9.59 Å². The molecule has 2 fully saturated rings. The highest BCUT2D eigenvalue weighted by Crippen LogP contribution is 2.28. The van der Waals surface area contributed by atoms with Crippen molar-refractivity contribution in [3.63, 3.8) is 0 Å². The minimum atomic E-state index is -0.405.